The molecule has 0 unspecified atom stereocenters. The minimum Gasteiger partial charge on any atom is -0.472 e. The number of aliphatic hydroxyl groups is 1. The van der Waals surface area contributed by atoms with Crippen molar-refractivity contribution in [1.82, 2.24) is 0 Å². The summed E-state index contributed by atoms with van der Waals surface area (Å²) in [6, 6.07) is 1.94. The molecule has 0 atom stereocenters. The molecule has 2 heteroatoms. The first-order chi connectivity index (χ1) is 6.99. The molecule has 1 saturated carbocycles. The first-order valence-corrected chi connectivity index (χ1v) is 5.73. The topological polar surface area (TPSA) is 33.4 Å². The minimum absolute atomic E-state index is 0.405. The highest BCUT2D eigenvalue weighted by molar-refractivity contribution is 5.10. The molecule has 0 radical (unpaired) electrons. The average Bonchev–Trinajstić information content (AvgIpc) is 2.64. The van der Waals surface area contributed by atoms with E-state index in [-0.39, 0.29) is 0 Å². The lowest BCUT2D eigenvalue weighted by molar-refractivity contribution is -0.0252. The van der Waals surface area contributed by atoms with Crippen molar-refractivity contribution in [2.75, 3.05) is 0 Å². The molecular formula is C13H20O2. The Hall–Kier alpha value is -0.760. The predicted octanol–water partition coefficient (Wildman–Crippen LogP) is 3.15. The van der Waals surface area contributed by atoms with E-state index in [1.165, 1.54) is 0 Å². The van der Waals surface area contributed by atoms with E-state index >= 15 is 0 Å². The van der Waals surface area contributed by atoms with E-state index in [4.69, 9.17) is 4.42 Å². The fourth-order valence-electron chi connectivity index (χ4n) is 2.34. The summed E-state index contributed by atoms with van der Waals surface area (Å²) in [6.07, 6.45) is 8.18. The van der Waals surface area contributed by atoms with Gasteiger partial charge in [-0.05, 0) is 42.7 Å². The molecule has 15 heavy (non-hydrogen) atoms. The third-order valence-corrected chi connectivity index (χ3v) is 3.65. The Morgan fingerprint density at radius 1 is 1.27 bits per heavy atom. The van der Waals surface area contributed by atoms with Gasteiger partial charge >= 0.3 is 0 Å². The highest BCUT2D eigenvalue weighted by atomic mass is 16.3. The average molecular weight is 208 g/mol. The van der Waals surface area contributed by atoms with Gasteiger partial charge in [0, 0.05) is 6.42 Å². The summed E-state index contributed by atoms with van der Waals surface area (Å²) >= 11 is 0. The van der Waals surface area contributed by atoms with Gasteiger partial charge in [-0.15, -0.1) is 0 Å². The van der Waals surface area contributed by atoms with Crippen LogP contribution in [-0.4, -0.2) is 10.7 Å². The Morgan fingerprint density at radius 2 is 1.93 bits per heavy atom. The Morgan fingerprint density at radius 3 is 2.47 bits per heavy atom. The second-order valence-corrected chi connectivity index (χ2v) is 5.70. The smallest absolute Gasteiger partial charge is 0.0935 e. The number of rotatable bonds is 2. The first-order valence-electron chi connectivity index (χ1n) is 5.73. The van der Waals surface area contributed by atoms with Gasteiger partial charge in [0.15, 0.2) is 0 Å². The highest BCUT2D eigenvalue weighted by Gasteiger charge is 2.36. The predicted molar refractivity (Wildman–Crippen MR) is 59.6 cm³/mol. The molecule has 1 aliphatic rings. The van der Waals surface area contributed by atoms with Crippen LogP contribution >= 0.6 is 0 Å². The molecular weight excluding hydrogens is 188 g/mol. The standard InChI is InChI=1S/C13H20O2/c1-12(2)4-6-13(14,7-5-12)9-11-3-8-15-10-11/h3,8,10,14H,4-7,9H2,1-2H3. The van der Waals surface area contributed by atoms with Crippen LogP contribution in [0.3, 0.4) is 0 Å². The zero-order valence-corrected chi connectivity index (χ0v) is 9.62. The van der Waals surface area contributed by atoms with Gasteiger partial charge < -0.3 is 9.52 Å². The van der Waals surface area contributed by atoms with Gasteiger partial charge in [-0.1, -0.05) is 13.8 Å². The zero-order chi connectivity index (χ0) is 10.9. The van der Waals surface area contributed by atoms with Gasteiger partial charge in [0.2, 0.25) is 0 Å². The van der Waals surface area contributed by atoms with E-state index in [0.29, 0.717) is 5.41 Å². The summed E-state index contributed by atoms with van der Waals surface area (Å²) in [5.74, 6) is 0. The summed E-state index contributed by atoms with van der Waals surface area (Å²) < 4.78 is 5.03. The van der Waals surface area contributed by atoms with Crippen LogP contribution in [0.2, 0.25) is 0 Å². The number of hydrogen-bond acceptors (Lipinski definition) is 2. The molecule has 84 valence electrons. The maximum atomic E-state index is 10.4. The summed E-state index contributed by atoms with van der Waals surface area (Å²) in [7, 11) is 0. The Kier molecular flexibility index (Phi) is 2.63. The van der Waals surface area contributed by atoms with E-state index in [2.05, 4.69) is 13.8 Å². The van der Waals surface area contributed by atoms with Crippen LogP contribution in [0.4, 0.5) is 0 Å². The van der Waals surface area contributed by atoms with Crippen LogP contribution in [0.5, 0.6) is 0 Å². The number of hydrogen-bond donors (Lipinski definition) is 1. The van der Waals surface area contributed by atoms with Gasteiger partial charge in [0.1, 0.15) is 0 Å². The van der Waals surface area contributed by atoms with Crippen molar-refractivity contribution in [3.63, 3.8) is 0 Å². The summed E-state index contributed by atoms with van der Waals surface area (Å²) in [5.41, 5.74) is 1.01. The molecule has 1 aromatic heterocycles. The maximum absolute atomic E-state index is 10.4. The fourth-order valence-corrected chi connectivity index (χ4v) is 2.34. The van der Waals surface area contributed by atoms with E-state index in [9.17, 15) is 5.11 Å². The van der Waals surface area contributed by atoms with Gasteiger partial charge in [0.05, 0.1) is 18.1 Å². The van der Waals surface area contributed by atoms with Gasteiger partial charge in [-0.2, -0.15) is 0 Å². The van der Waals surface area contributed by atoms with Crippen LogP contribution in [-0.2, 0) is 6.42 Å². The van der Waals surface area contributed by atoms with E-state index < -0.39 is 5.60 Å². The van der Waals surface area contributed by atoms with Crippen LogP contribution in [0.1, 0.15) is 45.1 Å². The van der Waals surface area contributed by atoms with Crippen molar-refractivity contribution < 1.29 is 9.52 Å². The van der Waals surface area contributed by atoms with E-state index in [1.54, 1.807) is 12.5 Å². The van der Waals surface area contributed by atoms with Gasteiger partial charge in [-0.25, -0.2) is 0 Å². The molecule has 0 spiro atoms. The summed E-state index contributed by atoms with van der Waals surface area (Å²) in [4.78, 5) is 0. The SMILES string of the molecule is CC1(C)CCC(O)(Cc2ccoc2)CC1. The molecule has 0 saturated heterocycles. The molecule has 1 heterocycles. The molecule has 1 N–H and O–H groups in total. The molecule has 1 fully saturated rings. The molecule has 0 amide bonds. The minimum atomic E-state index is -0.501. The molecule has 0 bridgehead atoms. The monoisotopic (exact) mass is 208 g/mol. The third kappa shape index (κ3) is 2.63. The molecule has 2 rings (SSSR count). The maximum Gasteiger partial charge on any atom is 0.0935 e. The van der Waals surface area contributed by atoms with Crippen LogP contribution < -0.4 is 0 Å². The van der Waals surface area contributed by atoms with E-state index in [1.807, 2.05) is 6.07 Å². The lowest BCUT2D eigenvalue weighted by Crippen LogP contribution is -2.38. The Labute approximate surface area is 91.3 Å². The van der Waals surface area contributed by atoms with Crippen LogP contribution in [0, 0.1) is 5.41 Å². The molecule has 0 aliphatic heterocycles. The Bertz CT molecular complexity index is 301. The first kappa shape index (κ1) is 10.7. The summed E-state index contributed by atoms with van der Waals surface area (Å²) in [6.45, 7) is 4.56. The third-order valence-electron chi connectivity index (χ3n) is 3.65. The van der Waals surface area contributed by atoms with Crippen molar-refractivity contribution in [3.8, 4) is 0 Å². The van der Waals surface area contributed by atoms with E-state index in [0.717, 1.165) is 37.7 Å². The van der Waals surface area contributed by atoms with Gasteiger partial charge in [-0.3, -0.25) is 0 Å². The number of furan rings is 1. The molecule has 0 aromatic carbocycles. The molecule has 1 aromatic rings. The largest absolute Gasteiger partial charge is 0.472 e. The molecule has 2 nitrogen and oxygen atoms in total. The van der Waals surface area contributed by atoms with Crippen molar-refractivity contribution in [2.45, 2.75) is 51.6 Å². The summed E-state index contributed by atoms with van der Waals surface area (Å²) in [5, 5.41) is 10.4. The normalized spacial score (nSPS) is 23.9. The highest BCUT2D eigenvalue weighted by Crippen LogP contribution is 2.41. The second-order valence-electron chi connectivity index (χ2n) is 5.70. The second kappa shape index (κ2) is 3.67. The van der Waals surface area contributed by atoms with Gasteiger partial charge in [0.25, 0.3) is 0 Å². The van der Waals surface area contributed by atoms with Crippen molar-refractivity contribution in [3.05, 3.63) is 24.2 Å². The lowest BCUT2D eigenvalue weighted by Gasteiger charge is -2.40. The lowest BCUT2D eigenvalue weighted by atomic mass is 9.69. The molecule has 1 aliphatic carbocycles. The van der Waals surface area contributed by atoms with Crippen LogP contribution in [0.15, 0.2) is 23.0 Å². The van der Waals surface area contributed by atoms with Crippen molar-refractivity contribution >= 4 is 0 Å². The van der Waals surface area contributed by atoms with Crippen molar-refractivity contribution in [1.29, 1.82) is 0 Å². The van der Waals surface area contributed by atoms with Crippen LogP contribution in [0.25, 0.3) is 0 Å². The van der Waals surface area contributed by atoms with Crippen molar-refractivity contribution in [2.24, 2.45) is 5.41 Å². The Balaban J connectivity index is 1.98. The quantitative estimate of drug-likeness (QED) is 0.810. The zero-order valence-electron chi connectivity index (χ0n) is 9.62. The fraction of sp³-hybridized carbons (Fsp3) is 0.692.